The molecule has 11 heteroatoms. The third-order valence-corrected chi connectivity index (χ3v) is 6.48. The van der Waals surface area contributed by atoms with Gasteiger partial charge in [0.25, 0.3) is 5.69 Å². The zero-order valence-electron chi connectivity index (χ0n) is 16.5. The number of aromatic hydroxyl groups is 1. The number of carbonyl (C=O) groups is 1. The van der Waals surface area contributed by atoms with Gasteiger partial charge in [-0.05, 0) is 38.4 Å². The lowest BCUT2D eigenvalue weighted by atomic mass is 9.93. The summed E-state index contributed by atoms with van der Waals surface area (Å²) in [5.74, 6) is 0.212. The number of fused-ring (bicyclic) bond motifs is 1. The Hall–Kier alpha value is -3.05. The van der Waals surface area contributed by atoms with Crippen molar-refractivity contribution in [3.8, 4) is 5.88 Å². The number of nitrogens with zero attached hydrogens (tertiary/aromatic N) is 5. The fourth-order valence-electron chi connectivity index (χ4n) is 3.89. The fraction of sp³-hybridized carbons (Fsp3) is 0.421. The maximum Gasteiger partial charge on any atom is 0.308 e. The number of non-ortho nitro benzene ring substituents is 1. The molecule has 1 aromatic carbocycles. The van der Waals surface area contributed by atoms with Crippen molar-refractivity contribution in [1.82, 2.24) is 19.5 Å². The molecule has 10 nitrogen and oxygen atoms in total. The third-order valence-electron chi connectivity index (χ3n) is 5.40. The number of piperidine rings is 1. The number of methoxy groups -OCH3 is 1. The number of rotatable bonds is 5. The molecular weight excluding hydrogens is 410 g/mol. The summed E-state index contributed by atoms with van der Waals surface area (Å²) >= 11 is 1.34. The monoisotopic (exact) mass is 431 g/mol. The first-order valence-electron chi connectivity index (χ1n) is 9.50. The van der Waals surface area contributed by atoms with E-state index in [0.717, 1.165) is 5.56 Å². The first-order valence-corrected chi connectivity index (χ1v) is 10.3. The number of hydrogen-bond acceptors (Lipinski definition) is 9. The van der Waals surface area contributed by atoms with Crippen LogP contribution in [0.1, 0.15) is 35.1 Å². The summed E-state index contributed by atoms with van der Waals surface area (Å²) in [4.78, 5) is 30.2. The number of likely N-dealkylation sites (tertiary alicyclic amines) is 1. The molecule has 0 bridgehead atoms. The Bertz CT molecular complexity index is 1080. The molecule has 1 atom stereocenters. The highest BCUT2D eigenvalue weighted by atomic mass is 32.1. The second-order valence-electron chi connectivity index (χ2n) is 7.23. The van der Waals surface area contributed by atoms with Crippen molar-refractivity contribution >= 4 is 28.0 Å². The van der Waals surface area contributed by atoms with Crippen molar-refractivity contribution < 1.29 is 19.6 Å². The Balaban J connectivity index is 1.71. The van der Waals surface area contributed by atoms with Gasteiger partial charge in [0, 0.05) is 12.1 Å². The van der Waals surface area contributed by atoms with Gasteiger partial charge in [0.1, 0.15) is 5.82 Å². The Morgan fingerprint density at radius 3 is 2.57 bits per heavy atom. The molecule has 1 aliphatic heterocycles. The van der Waals surface area contributed by atoms with Crippen LogP contribution in [0.2, 0.25) is 0 Å². The quantitative estimate of drug-likeness (QED) is 0.372. The molecule has 158 valence electrons. The predicted molar refractivity (Wildman–Crippen MR) is 109 cm³/mol. The minimum atomic E-state index is -0.440. The van der Waals surface area contributed by atoms with E-state index in [9.17, 15) is 20.0 Å². The van der Waals surface area contributed by atoms with E-state index in [2.05, 4.69) is 15.0 Å². The van der Waals surface area contributed by atoms with Crippen LogP contribution in [-0.2, 0) is 9.53 Å². The number of aromatic nitrogens is 3. The maximum atomic E-state index is 11.9. The summed E-state index contributed by atoms with van der Waals surface area (Å²) in [6, 6.07) is 5.99. The lowest BCUT2D eigenvalue weighted by Crippen LogP contribution is -2.39. The lowest BCUT2D eigenvalue weighted by molar-refractivity contribution is -0.384. The number of aryl methyl sites for hydroxylation is 1. The minimum Gasteiger partial charge on any atom is -0.492 e. The molecule has 1 aliphatic rings. The van der Waals surface area contributed by atoms with Crippen LogP contribution in [0.25, 0.3) is 4.96 Å². The standard InChI is InChI=1S/C19H21N5O5S/c1-11-20-19-23(21-11)17(25)16(30-19)15(12-3-5-14(6-4-12)24(27)28)22-9-7-13(8-10-22)18(26)29-2/h3-6,13,15,25H,7-10H2,1-2H3/t15-/m0/s1. The van der Waals surface area contributed by atoms with Gasteiger partial charge in [-0.15, -0.1) is 5.10 Å². The summed E-state index contributed by atoms with van der Waals surface area (Å²) in [5.41, 5.74) is 0.818. The van der Waals surface area contributed by atoms with Gasteiger partial charge in [-0.3, -0.25) is 19.8 Å². The van der Waals surface area contributed by atoms with E-state index < -0.39 is 4.92 Å². The topological polar surface area (TPSA) is 123 Å². The summed E-state index contributed by atoms with van der Waals surface area (Å²) in [7, 11) is 1.39. The van der Waals surface area contributed by atoms with Gasteiger partial charge in [0.05, 0.1) is 28.9 Å². The first kappa shape index (κ1) is 20.2. The van der Waals surface area contributed by atoms with E-state index in [1.165, 1.54) is 35.1 Å². The van der Waals surface area contributed by atoms with Crippen molar-refractivity contribution in [2.45, 2.75) is 25.8 Å². The Kier molecular flexibility index (Phi) is 5.39. The Morgan fingerprint density at radius 1 is 1.33 bits per heavy atom. The molecule has 1 saturated heterocycles. The van der Waals surface area contributed by atoms with Gasteiger partial charge >= 0.3 is 5.97 Å². The van der Waals surface area contributed by atoms with Crippen molar-refractivity contribution in [2.24, 2.45) is 5.92 Å². The molecule has 3 aromatic rings. The molecule has 0 aliphatic carbocycles. The normalized spacial score (nSPS) is 16.6. The molecule has 30 heavy (non-hydrogen) atoms. The average Bonchev–Trinajstić information content (AvgIpc) is 3.25. The average molecular weight is 431 g/mol. The summed E-state index contributed by atoms with van der Waals surface area (Å²) in [5, 5.41) is 26.1. The molecular formula is C19H21N5O5S. The van der Waals surface area contributed by atoms with E-state index in [4.69, 9.17) is 4.74 Å². The van der Waals surface area contributed by atoms with Crippen molar-refractivity contribution in [3.05, 3.63) is 50.6 Å². The second-order valence-corrected chi connectivity index (χ2v) is 8.24. The van der Waals surface area contributed by atoms with Crippen LogP contribution in [0.4, 0.5) is 5.69 Å². The number of ether oxygens (including phenoxy) is 1. The second kappa shape index (κ2) is 8.00. The van der Waals surface area contributed by atoms with Crippen LogP contribution in [0.5, 0.6) is 5.88 Å². The largest absolute Gasteiger partial charge is 0.492 e. The van der Waals surface area contributed by atoms with Gasteiger partial charge in [-0.25, -0.2) is 4.98 Å². The molecule has 1 fully saturated rings. The Labute approximate surface area is 175 Å². The number of carbonyl (C=O) groups excluding carboxylic acids is 1. The van der Waals surface area contributed by atoms with Crippen LogP contribution in [0, 0.1) is 23.0 Å². The molecule has 0 radical (unpaired) electrons. The number of esters is 1. The van der Waals surface area contributed by atoms with Gasteiger partial charge in [-0.1, -0.05) is 23.5 Å². The highest BCUT2D eigenvalue weighted by Crippen LogP contribution is 2.41. The van der Waals surface area contributed by atoms with Crippen LogP contribution >= 0.6 is 11.3 Å². The number of nitro groups is 1. The fourth-order valence-corrected chi connectivity index (χ4v) is 5.06. The van der Waals surface area contributed by atoms with Gasteiger partial charge in [-0.2, -0.15) is 4.52 Å². The van der Waals surface area contributed by atoms with Crippen molar-refractivity contribution in [3.63, 3.8) is 0 Å². The summed E-state index contributed by atoms with van der Waals surface area (Å²) in [6.07, 6.45) is 1.27. The number of thiazole rings is 1. The zero-order chi connectivity index (χ0) is 21.4. The van der Waals surface area contributed by atoms with E-state index in [0.29, 0.717) is 41.6 Å². The van der Waals surface area contributed by atoms with Gasteiger partial charge in [0.2, 0.25) is 10.8 Å². The summed E-state index contributed by atoms with van der Waals surface area (Å²) in [6.45, 7) is 2.99. The first-order chi connectivity index (χ1) is 14.4. The highest BCUT2D eigenvalue weighted by molar-refractivity contribution is 7.17. The van der Waals surface area contributed by atoms with Crippen molar-refractivity contribution in [1.29, 1.82) is 0 Å². The minimum absolute atomic E-state index is 0.00407. The van der Waals surface area contributed by atoms with Crippen molar-refractivity contribution in [2.75, 3.05) is 20.2 Å². The van der Waals surface area contributed by atoms with E-state index in [-0.39, 0.29) is 29.5 Å². The van der Waals surface area contributed by atoms with Gasteiger partial charge in [0.15, 0.2) is 0 Å². The number of hydrogen-bond donors (Lipinski definition) is 1. The maximum absolute atomic E-state index is 11.9. The highest BCUT2D eigenvalue weighted by Gasteiger charge is 2.34. The van der Waals surface area contributed by atoms with Crippen LogP contribution in [0.15, 0.2) is 24.3 Å². The molecule has 0 amide bonds. The van der Waals surface area contributed by atoms with E-state index >= 15 is 0 Å². The Morgan fingerprint density at radius 2 is 2.00 bits per heavy atom. The SMILES string of the molecule is COC(=O)C1CCN([C@@H](c2ccc([N+](=O)[O-])cc2)c2sc3nc(C)nn3c2O)CC1. The zero-order valence-corrected chi connectivity index (χ0v) is 17.3. The molecule has 4 rings (SSSR count). The van der Waals surface area contributed by atoms with Crippen LogP contribution in [-0.4, -0.2) is 55.7 Å². The molecule has 2 aromatic heterocycles. The smallest absolute Gasteiger partial charge is 0.308 e. The predicted octanol–water partition coefficient (Wildman–Crippen LogP) is 2.69. The molecule has 0 spiro atoms. The third kappa shape index (κ3) is 3.61. The number of benzene rings is 1. The molecule has 3 heterocycles. The van der Waals surface area contributed by atoms with E-state index in [1.54, 1.807) is 19.1 Å². The molecule has 0 saturated carbocycles. The van der Waals surface area contributed by atoms with E-state index in [1.807, 2.05) is 0 Å². The summed E-state index contributed by atoms with van der Waals surface area (Å²) < 4.78 is 6.28. The molecule has 1 N–H and O–H groups in total. The molecule has 0 unspecified atom stereocenters. The number of nitro benzene ring substituents is 1. The van der Waals surface area contributed by atoms with Gasteiger partial charge < -0.3 is 9.84 Å². The van der Waals surface area contributed by atoms with Crippen LogP contribution in [0.3, 0.4) is 0 Å². The van der Waals surface area contributed by atoms with Crippen LogP contribution < -0.4 is 0 Å². The lowest BCUT2D eigenvalue weighted by Gasteiger charge is -2.36.